The highest BCUT2D eigenvalue weighted by Gasteiger charge is 2.12. The quantitative estimate of drug-likeness (QED) is 0.713. The second-order valence-corrected chi connectivity index (χ2v) is 7.34. The Labute approximate surface area is 164 Å². The normalized spacial score (nSPS) is 13.8. The summed E-state index contributed by atoms with van der Waals surface area (Å²) in [7, 11) is 0. The highest BCUT2D eigenvalue weighted by molar-refractivity contribution is 5.94. The van der Waals surface area contributed by atoms with Gasteiger partial charge in [0.05, 0.1) is 30.2 Å². The predicted molar refractivity (Wildman–Crippen MR) is 107 cm³/mol. The number of aromatic nitrogens is 4. The number of hydrogen-bond donors (Lipinski definition) is 2. The summed E-state index contributed by atoms with van der Waals surface area (Å²) < 4.78 is 4.01. The van der Waals surface area contributed by atoms with E-state index >= 15 is 0 Å². The largest absolute Gasteiger partial charge is 0.346 e. The highest BCUT2D eigenvalue weighted by Crippen LogP contribution is 2.11. The Morgan fingerprint density at radius 3 is 2.75 bits per heavy atom. The molecular weight excluding hydrogens is 352 g/mol. The minimum Gasteiger partial charge on any atom is -0.346 e. The zero-order valence-electron chi connectivity index (χ0n) is 16.4. The molecule has 0 unspecified atom stereocenters. The third kappa shape index (κ3) is 4.14. The molecule has 7 nitrogen and oxygen atoms in total. The molecule has 0 atom stereocenters. The average Bonchev–Trinajstić information content (AvgIpc) is 3.14. The van der Waals surface area contributed by atoms with E-state index in [4.69, 9.17) is 0 Å². The topological polar surface area (TPSA) is 76.8 Å². The first-order valence-electron chi connectivity index (χ1n) is 9.73. The second kappa shape index (κ2) is 7.98. The number of fused-ring (bicyclic) bond motifs is 1. The van der Waals surface area contributed by atoms with Gasteiger partial charge in [0.15, 0.2) is 0 Å². The van der Waals surface area contributed by atoms with Gasteiger partial charge in [-0.2, -0.15) is 10.2 Å². The van der Waals surface area contributed by atoms with Gasteiger partial charge in [0.25, 0.3) is 5.91 Å². The van der Waals surface area contributed by atoms with E-state index in [1.165, 1.54) is 5.69 Å². The molecule has 1 aromatic carbocycles. The van der Waals surface area contributed by atoms with Crippen LogP contribution in [0.25, 0.3) is 0 Å². The van der Waals surface area contributed by atoms with Gasteiger partial charge in [-0.3, -0.25) is 14.2 Å². The molecule has 146 valence electrons. The van der Waals surface area contributed by atoms with Gasteiger partial charge in [0, 0.05) is 24.3 Å². The Hall–Kier alpha value is -2.93. The van der Waals surface area contributed by atoms with Gasteiger partial charge in [-0.25, -0.2) is 0 Å². The molecule has 1 aliphatic heterocycles. The Balaban J connectivity index is 1.35. The van der Waals surface area contributed by atoms with Crippen LogP contribution < -0.4 is 10.6 Å². The van der Waals surface area contributed by atoms with Crippen molar-refractivity contribution in [1.82, 2.24) is 30.2 Å². The van der Waals surface area contributed by atoms with Crippen molar-refractivity contribution < 1.29 is 4.79 Å². The van der Waals surface area contributed by atoms with Crippen molar-refractivity contribution in [3.8, 4) is 0 Å². The Bertz CT molecular complexity index is 946. The summed E-state index contributed by atoms with van der Waals surface area (Å²) in [6.45, 7) is 7.96. The molecule has 3 aromatic rings. The van der Waals surface area contributed by atoms with Crippen LogP contribution in [-0.4, -0.2) is 32.0 Å². The molecule has 0 saturated heterocycles. The SMILES string of the molecule is Cc1cc(C)n(Cc2ccc(C(=O)NCc3cc4n(n3)CCCNC4)cc2)n1. The van der Waals surface area contributed by atoms with Crippen molar-refractivity contribution in [2.75, 3.05) is 6.54 Å². The molecule has 2 aromatic heterocycles. The second-order valence-electron chi connectivity index (χ2n) is 7.34. The predicted octanol–water partition coefficient (Wildman–Crippen LogP) is 2.17. The average molecular weight is 378 g/mol. The maximum Gasteiger partial charge on any atom is 0.251 e. The third-order valence-corrected chi connectivity index (χ3v) is 5.03. The molecule has 0 radical (unpaired) electrons. The van der Waals surface area contributed by atoms with Crippen LogP contribution in [0.4, 0.5) is 0 Å². The van der Waals surface area contributed by atoms with Crippen molar-refractivity contribution in [2.24, 2.45) is 0 Å². The first-order chi connectivity index (χ1) is 13.6. The molecular formula is C21H26N6O. The number of carbonyl (C=O) groups is 1. The number of rotatable bonds is 5. The molecule has 2 N–H and O–H groups in total. The number of benzene rings is 1. The first-order valence-corrected chi connectivity index (χ1v) is 9.73. The summed E-state index contributed by atoms with van der Waals surface area (Å²) in [4.78, 5) is 12.5. The van der Waals surface area contributed by atoms with Crippen LogP contribution in [0.3, 0.4) is 0 Å². The molecule has 7 heteroatoms. The fourth-order valence-electron chi connectivity index (χ4n) is 3.55. The summed E-state index contributed by atoms with van der Waals surface area (Å²) in [5.74, 6) is -0.0843. The van der Waals surface area contributed by atoms with Crippen LogP contribution in [0.5, 0.6) is 0 Å². The van der Waals surface area contributed by atoms with Crippen molar-refractivity contribution in [1.29, 1.82) is 0 Å². The van der Waals surface area contributed by atoms with Crippen molar-refractivity contribution in [3.63, 3.8) is 0 Å². The summed E-state index contributed by atoms with van der Waals surface area (Å²) in [6, 6.07) is 11.8. The summed E-state index contributed by atoms with van der Waals surface area (Å²) in [6.07, 6.45) is 1.07. The Kier molecular flexibility index (Phi) is 5.25. The Morgan fingerprint density at radius 1 is 1.18 bits per heavy atom. The Morgan fingerprint density at radius 2 is 2.00 bits per heavy atom. The van der Waals surface area contributed by atoms with Crippen LogP contribution in [0.1, 0.15) is 45.1 Å². The molecule has 0 saturated carbocycles. The van der Waals surface area contributed by atoms with Crippen LogP contribution >= 0.6 is 0 Å². The van der Waals surface area contributed by atoms with E-state index in [0.29, 0.717) is 18.7 Å². The minimum atomic E-state index is -0.0843. The summed E-state index contributed by atoms with van der Waals surface area (Å²) in [5.41, 5.74) is 5.99. The monoisotopic (exact) mass is 378 g/mol. The minimum absolute atomic E-state index is 0.0843. The van der Waals surface area contributed by atoms with Gasteiger partial charge in [-0.15, -0.1) is 0 Å². The lowest BCUT2D eigenvalue weighted by molar-refractivity contribution is 0.0950. The maximum absolute atomic E-state index is 12.5. The molecule has 0 spiro atoms. The molecule has 1 aliphatic rings. The number of carbonyl (C=O) groups excluding carboxylic acids is 1. The molecule has 0 fully saturated rings. The van der Waals surface area contributed by atoms with Gasteiger partial charge in [-0.1, -0.05) is 12.1 Å². The van der Waals surface area contributed by atoms with E-state index < -0.39 is 0 Å². The number of hydrogen-bond acceptors (Lipinski definition) is 4. The number of aryl methyl sites for hydroxylation is 3. The maximum atomic E-state index is 12.5. The standard InChI is InChI=1S/C21H26N6O/c1-15-10-16(2)27(24-15)14-17-4-6-18(7-5-17)21(28)23-12-19-11-20-13-22-8-3-9-26(20)25-19/h4-7,10-11,22H,3,8-9,12-14H2,1-2H3,(H,23,28). The van der Waals surface area contributed by atoms with Gasteiger partial charge < -0.3 is 10.6 Å². The van der Waals surface area contributed by atoms with Crippen LogP contribution in [0.2, 0.25) is 0 Å². The van der Waals surface area contributed by atoms with Gasteiger partial charge in [-0.05, 0) is 56.6 Å². The van der Waals surface area contributed by atoms with E-state index in [0.717, 1.165) is 48.7 Å². The van der Waals surface area contributed by atoms with Crippen molar-refractivity contribution >= 4 is 5.91 Å². The highest BCUT2D eigenvalue weighted by atomic mass is 16.1. The van der Waals surface area contributed by atoms with Crippen molar-refractivity contribution in [2.45, 2.75) is 46.4 Å². The van der Waals surface area contributed by atoms with E-state index in [1.54, 1.807) is 0 Å². The summed E-state index contributed by atoms with van der Waals surface area (Å²) in [5, 5.41) is 15.4. The molecule has 0 bridgehead atoms. The molecule has 0 aliphatic carbocycles. The van der Waals surface area contributed by atoms with Gasteiger partial charge in [0.1, 0.15) is 0 Å². The van der Waals surface area contributed by atoms with Crippen LogP contribution in [0.15, 0.2) is 36.4 Å². The van der Waals surface area contributed by atoms with E-state index in [2.05, 4.69) is 33.0 Å². The lowest BCUT2D eigenvalue weighted by Gasteiger charge is -2.07. The zero-order chi connectivity index (χ0) is 19.5. The van der Waals surface area contributed by atoms with E-state index in [1.807, 2.05) is 47.5 Å². The first kappa shape index (κ1) is 18.4. The molecule has 28 heavy (non-hydrogen) atoms. The number of nitrogens with zero attached hydrogens (tertiary/aromatic N) is 4. The van der Waals surface area contributed by atoms with E-state index in [-0.39, 0.29) is 5.91 Å². The number of amides is 1. The number of nitrogens with one attached hydrogen (secondary N) is 2. The molecule has 4 rings (SSSR count). The fraction of sp³-hybridized carbons (Fsp3) is 0.381. The third-order valence-electron chi connectivity index (χ3n) is 5.03. The van der Waals surface area contributed by atoms with Gasteiger partial charge >= 0.3 is 0 Å². The molecule has 1 amide bonds. The molecule has 3 heterocycles. The lowest BCUT2D eigenvalue weighted by Crippen LogP contribution is -2.23. The smallest absolute Gasteiger partial charge is 0.251 e. The van der Waals surface area contributed by atoms with Crippen LogP contribution in [0, 0.1) is 13.8 Å². The summed E-state index contributed by atoms with van der Waals surface area (Å²) >= 11 is 0. The van der Waals surface area contributed by atoms with Crippen molar-refractivity contribution in [3.05, 3.63) is 70.3 Å². The van der Waals surface area contributed by atoms with E-state index in [9.17, 15) is 4.79 Å². The lowest BCUT2D eigenvalue weighted by atomic mass is 10.1. The van der Waals surface area contributed by atoms with Crippen LogP contribution in [-0.2, 0) is 26.2 Å². The van der Waals surface area contributed by atoms with Gasteiger partial charge in [0.2, 0.25) is 0 Å². The zero-order valence-corrected chi connectivity index (χ0v) is 16.4. The fourth-order valence-corrected chi connectivity index (χ4v) is 3.55.